The van der Waals surface area contributed by atoms with Gasteiger partial charge in [0.2, 0.25) is 5.95 Å². The van der Waals surface area contributed by atoms with E-state index in [0.717, 1.165) is 23.7 Å². The van der Waals surface area contributed by atoms with E-state index < -0.39 is 0 Å². The molecule has 4 nitrogen and oxygen atoms in total. The Morgan fingerprint density at radius 2 is 1.56 bits per heavy atom. The highest BCUT2D eigenvalue weighted by atomic mass is 15.1. The van der Waals surface area contributed by atoms with Gasteiger partial charge < -0.3 is 10.6 Å². The summed E-state index contributed by atoms with van der Waals surface area (Å²) in [6, 6.07) is 16.7. The SMILES string of the molecule is Cc1cccc(CNc2cc(C)nc(Nc3c(C)cccc3C)n2)c1. The van der Waals surface area contributed by atoms with Crippen molar-refractivity contribution in [3.8, 4) is 0 Å². The Morgan fingerprint density at radius 3 is 2.28 bits per heavy atom. The zero-order valence-corrected chi connectivity index (χ0v) is 15.2. The van der Waals surface area contributed by atoms with Gasteiger partial charge in [0, 0.05) is 24.0 Å². The maximum atomic E-state index is 4.62. The Balaban J connectivity index is 1.78. The highest BCUT2D eigenvalue weighted by Gasteiger charge is 2.07. The van der Waals surface area contributed by atoms with Gasteiger partial charge in [-0.05, 0) is 44.4 Å². The highest BCUT2D eigenvalue weighted by Crippen LogP contribution is 2.23. The maximum absolute atomic E-state index is 4.62. The lowest BCUT2D eigenvalue weighted by molar-refractivity contribution is 1.05. The molecule has 4 heteroatoms. The van der Waals surface area contributed by atoms with Crippen molar-refractivity contribution in [3.63, 3.8) is 0 Å². The first-order valence-corrected chi connectivity index (χ1v) is 8.49. The maximum Gasteiger partial charge on any atom is 0.229 e. The molecule has 0 aliphatic heterocycles. The summed E-state index contributed by atoms with van der Waals surface area (Å²) in [6.07, 6.45) is 0. The third-order valence-electron chi connectivity index (χ3n) is 4.13. The number of aryl methyl sites for hydroxylation is 4. The molecule has 3 rings (SSSR count). The third kappa shape index (κ3) is 4.35. The minimum absolute atomic E-state index is 0.615. The first-order chi connectivity index (χ1) is 12.0. The second-order valence-electron chi connectivity index (χ2n) is 6.45. The van der Waals surface area contributed by atoms with Crippen LogP contribution in [0.25, 0.3) is 0 Å². The largest absolute Gasteiger partial charge is 0.366 e. The molecule has 0 spiro atoms. The summed E-state index contributed by atoms with van der Waals surface area (Å²) >= 11 is 0. The van der Waals surface area contributed by atoms with Gasteiger partial charge in [-0.25, -0.2) is 4.98 Å². The van der Waals surface area contributed by atoms with E-state index in [-0.39, 0.29) is 0 Å². The van der Waals surface area contributed by atoms with Crippen LogP contribution in [0.5, 0.6) is 0 Å². The normalized spacial score (nSPS) is 10.6. The topological polar surface area (TPSA) is 49.8 Å². The molecular weight excluding hydrogens is 308 g/mol. The lowest BCUT2D eigenvalue weighted by atomic mass is 10.1. The van der Waals surface area contributed by atoms with Crippen molar-refractivity contribution in [2.75, 3.05) is 10.6 Å². The standard InChI is InChI=1S/C21H24N4/c1-14-7-5-10-18(11-14)13-22-19-12-17(4)23-21(24-19)25-20-15(2)8-6-9-16(20)3/h5-12H,13H2,1-4H3,(H2,22,23,24,25). The summed E-state index contributed by atoms with van der Waals surface area (Å²) in [4.78, 5) is 9.13. The fourth-order valence-corrected chi connectivity index (χ4v) is 2.85. The van der Waals surface area contributed by atoms with Crippen LogP contribution in [-0.4, -0.2) is 9.97 Å². The summed E-state index contributed by atoms with van der Waals surface area (Å²) in [5.41, 5.74) is 6.85. The van der Waals surface area contributed by atoms with Crippen molar-refractivity contribution in [3.05, 3.63) is 76.5 Å². The van der Waals surface area contributed by atoms with Crippen molar-refractivity contribution in [2.24, 2.45) is 0 Å². The van der Waals surface area contributed by atoms with Gasteiger partial charge >= 0.3 is 0 Å². The molecule has 2 N–H and O–H groups in total. The van der Waals surface area contributed by atoms with Crippen molar-refractivity contribution >= 4 is 17.5 Å². The molecule has 0 amide bonds. The molecule has 2 aromatic carbocycles. The number of aromatic nitrogens is 2. The Bertz CT molecular complexity index is 867. The lowest BCUT2D eigenvalue weighted by Crippen LogP contribution is -2.06. The molecule has 0 saturated carbocycles. The monoisotopic (exact) mass is 332 g/mol. The van der Waals surface area contributed by atoms with Crippen molar-refractivity contribution < 1.29 is 0 Å². The van der Waals surface area contributed by atoms with Crippen LogP contribution in [0.4, 0.5) is 17.5 Å². The van der Waals surface area contributed by atoms with E-state index in [4.69, 9.17) is 0 Å². The predicted octanol–water partition coefficient (Wildman–Crippen LogP) is 5.07. The average Bonchev–Trinajstić information content (AvgIpc) is 2.56. The number of nitrogens with zero attached hydrogens (tertiary/aromatic N) is 2. The van der Waals surface area contributed by atoms with Crippen LogP contribution >= 0.6 is 0 Å². The van der Waals surface area contributed by atoms with Gasteiger partial charge in [0.1, 0.15) is 5.82 Å². The fourth-order valence-electron chi connectivity index (χ4n) is 2.85. The van der Waals surface area contributed by atoms with Crippen LogP contribution in [0.15, 0.2) is 48.5 Å². The van der Waals surface area contributed by atoms with Gasteiger partial charge in [0.05, 0.1) is 0 Å². The minimum atomic E-state index is 0.615. The van der Waals surface area contributed by atoms with Crippen LogP contribution in [0, 0.1) is 27.7 Å². The van der Waals surface area contributed by atoms with E-state index in [9.17, 15) is 0 Å². The smallest absolute Gasteiger partial charge is 0.229 e. The molecule has 1 heterocycles. The first kappa shape index (κ1) is 17.0. The number of rotatable bonds is 5. The lowest BCUT2D eigenvalue weighted by Gasteiger charge is -2.13. The molecule has 0 fully saturated rings. The zero-order valence-electron chi connectivity index (χ0n) is 15.2. The second-order valence-corrected chi connectivity index (χ2v) is 6.45. The van der Waals surface area contributed by atoms with E-state index in [1.165, 1.54) is 22.3 Å². The van der Waals surface area contributed by atoms with Gasteiger partial charge in [0.15, 0.2) is 0 Å². The van der Waals surface area contributed by atoms with Gasteiger partial charge in [-0.2, -0.15) is 4.98 Å². The van der Waals surface area contributed by atoms with Crippen LogP contribution < -0.4 is 10.6 Å². The van der Waals surface area contributed by atoms with E-state index in [1.54, 1.807) is 0 Å². The molecule has 0 atom stereocenters. The van der Waals surface area contributed by atoms with Gasteiger partial charge in [0.25, 0.3) is 0 Å². The quantitative estimate of drug-likeness (QED) is 0.685. The molecule has 3 aromatic rings. The third-order valence-corrected chi connectivity index (χ3v) is 4.13. The Morgan fingerprint density at radius 1 is 0.840 bits per heavy atom. The molecule has 0 aliphatic rings. The van der Waals surface area contributed by atoms with Crippen LogP contribution in [0.1, 0.15) is 27.9 Å². The molecule has 0 radical (unpaired) electrons. The van der Waals surface area contributed by atoms with Gasteiger partial charge in [-0.3, -0.25) is 0 Å². The molecule has 0 unspecified atom stereocenters. The summed E-state index contributed by atoms with van der Waals surface area (Å²) in [5, 5.41) is 6.76. The molecule has 25 heavy (non-hydrogen) atoms. The Hall–Kier alpha value is -2.88. The summed E-state index contributed by atoms with van der Waals surface area (Å²) in [5.74, 6) is 1.44. The van der Waals surface area contributed by atoms with Gasteiger partial charge in [-0.1, -0.05) is 48.0 Å². The summed E-state index contributed by atoms with van der Waals surface area (Å²) in [6.45, 7) is 8.99. The van der Waals surface area contributed by atoms with Crippen molar-refractivity contribution in [1.82, 2.24) is 9.97 Å². The summed E-state index contributed by atoms with van der Waals surface area (Å²) < 4.78 is 0. The molecule has 1 aromatic heterocycles. The number of benzene rings is 2. The Kier molecular flexibility index (Phi) is 4.98. The number of hydrogen-bond acceptors (Lipinski definition) is 4. The molecule has 128 valence electrons. The number of anilines is 3. The van der Waals surface area contributed by atoms with E-state index in [2.05, 4.69) is 83.8 Å². The zero-order chi connectivity index (χ0) is 17.8. The fraction of sp³-hybridized carbons (Fsp3) is 0.238. The predicted molar refractivity (Wildman–Crippen MR) is 104 cm³/mol. The number of hydrogen-bond donors (Lipinski definition) is 2. The highest BCUT2D eigenvalue weighted by molar-refractivity contribution is 5.63. The van der Waals surface area contributed by atoms with E-state index in [0.29, 0.717) is 5.95 Å². The molecule has 0 bridgehead atoms. The Labute approximate surface area is 149 Å². The van der Waals surface area contributed by atoms with Crippen LogP contribution in [0.2, 0.25) is 0 Å². The first-order valence-electron chi connectivity index (χ1n) is 8.49. The van der Waals surface area contributed by atoms with Crippen molar-refractivity contribution in [1.29, 1.82) is 0 Å². The van der Waals surface area contributed by atoms with E-state index >= 15 is 0 Å². The number of nitrogens with one attached hydrogen (secondary N) is 2. The molecule has 0 saturated heterocycles. The molecule has 0 aliphatic carbocycles. The minimum Gasteiger partial charge on any atom is -0.366 e. The molecular formula is C21H24N4. The average molecular weight is 332 g/mol. The summed E-state index contributed by atoms with van der Waals surface area (Å²) in [7, 11) is 0. The van der Waals surface area contributed by atoms with E-state index in [1.807, 2.05) is 13.0 Å². The number of para-hydroxylation sites is 1. The van der Waals surface area contributed by atoms with Crippen LogP contribution in [-0.2, 0) is 6.54 Å². The van der Waals surface area contributed by atoms with Crippen molar-refractivity contribution in [2.45, 2.75) is 34.2 Å². The van der Waals surface area contributed by atoms with Gasteiger partial charge in [-0.15, -0.1) is 0 Å². The van der Waals surface area contributed by atoms with Crippen LogP contribution in [0.3, 0.4) is 0 Å². The second kappa shape index (κ2) is 7.34.